The van der Waals surface area contributed by atoms with E-state index < -0.39 is 5.97 Å². The fourth-order valence-electron chi connectivity index (χ4n) is 1.07. The summed E-state index contributed by atoms with van der Waals surface area (Å²) in [5, 5.41) is 9.63. The van der Waals surface area contributed by atoms with E-state index in [-0.39, 0.29) is 6.42 Å². The summed E-state index contributed by atoms with van der Waals surface area (Å²) >= 11 is 1.51. The lowest BCUT2D eigenvalue weighted by Gasteiger charge is -1.95. The lowest BCUT2D eigenvalue weighted by Crippen LogP contribution is -2.29. The molecule has 0 radical (unpaired) electrons. The van der Waals surface area contributed by atoms with Crippen molar-refractivity contribution in [2.45, 2.75) is 26.4 Å². The molecular formula is C12H20N2O2S. The van der Waals surface area contributed by atoms with Crippen LogP contribution in [-0.2, 0) is 17.9 Å². The SMILES string of the molecule is C=CC[n+]1ccn(CC)c1.CSCCC(=O)[O-]. The van der Waals surface area contributed by atoms with Crippen LogP contribution in [-0.4, -0.2) is 22.5 Å². The smallest absolute Gasteiger partial charge is 0.244 e. The van der Waals surface area contributed by atoms with Gasteiger partial charge in [-0.1, -0.05) is 12.7 Å². The van der Waals surface area contributed by atoms with E-state index in [0.717, 1.165) is 13.1 Å². The lowest BCUT2D eigenvalue weighted by molar-refractivity contribution is -0.686. The van der Waals surface area contributed by atoms with Crippen molar-refractivity contribution in [3.05, 3.63) is 31.4 Å². The van der Waals surface area contributed by atoms with Crippen LogP contribution >= 0.6 is 11.8 Å². The van der Waals surface area contributed by atoms with Gasteiger partial charge in [0.05, 0.1) is 6.54 Å². The molecule has 0 saturated carbocycles. The zero-order chi connectivity index (χ0) is 13.1. The largest absolute Gasteiger partial charge is 0.550 e. The number of allylic oxidation sites excluding steroid dienone is 1. The van der Waals surface area contributed by atoms with Crippen molar-refractivity contribution in [1.82, 2.24) is 4.57 Å². The van der Waals surface area contributed by atoms with E-state index in [0.29, 0.717) is 5.75 Å². The fraction of sp³-hybridized carbons (Fsp3) is 0.500. The minimum absolute atomic E-state index is 0.168. The third-order valence-corrected chi connectivity index (χ3v) is 2.57. The number of carbonyl (C=O) groups is 1. The van der Waals surface area contributed by atoms with Crippen LogP contribution < -0.4 is 9.67 Å². The zero-order valence-electron chi connectivity index (χ0n) is 10.5. The number of hydrogen-bond acceptors (Lipinski definition) is 3. The van der Waals surface area contributed by atoms with Gasteiger partial charge in [0.15, 0.2) is 0 Å². The Morgan fingerprint density at radius 3 is 2.71 bits per heavy atom. The van der Waals surface area contributed by atoms with E-state index in [2.05, 4.69) is 35.2 Å². The van der Waals surface area contributed by atoms with Gasteiger partial charge in [0.25, 0.3) is 0 Å². The molecule has 0 aliphatic rings. The van der Waals surface area contributed by atoms with Crippen molar-refractivity contribution >= 4 is 17.7 Å². The monoisotopic (exact) mass is 256 g/mol. The summed E-state index contributed by atoms with van der Waals surface area (Å²) in [4.78, 5) is 9.63. The molecule has 4 nitrogen and oxygen atoms in total. The number of nitrogens with zero attached hydrogens (tertiary/aromatic N) is 2. The van der Waals surface area contributed by atoms with Gasteiger partial charge in [-0.15, -0.1) is 0 Å². The summed E-state index contributed by atoms with van der Waals surface area (Å²) in [6.45, 7) is 7.71. The van der Waals surface area contributed by atoms with E-state index in [1.807, 2.05) is 18.5 Å². The zero-order valence-corrected chi connectivity index (χ0v) is 11.3. The Bertz CT molecular complexity index is 337. The molecule has 96 valence electrons. The van der Waals surface area contributed by atoms with Gasteiger partial charge in [0, 0.05) is 5.97 Å². The Balaban J connectivity index is 0.000000325. The number of imidazole rings is 1. The number of hydrogen-bond donors (Lipinski definition) is 0. The number of carboxylic acids is 1. The first kappa shape index (κ1) is 15.8. The number of aryl methyl sites for hydroxylation is 1. The maximum Gasteiger partial charge on any atom is 0.244 e. The van der Waals surface area contributed by atoms with Gasteiger partial charge in [-0.3, -0.25) is 0 Å². The summed E-state index contributed by atoms with van der Waals surface area (Å²) in [5.74, 6) is -0.308. The second kappa shape index (κ2) is 9.96. The van der Waals surface area contributed by atoms with Crippen molar-refractivity contribution < 1.29 is 14.5 Å². The molecule has 0 unspecified atom stereocenters. The van der Waals surface area contributed by atoms with Crippen LogP contribution in [0.5, 0.6) is 0 Å². The van der Waals surface area contributed by atoms with Gasteiger partial charge < -0.3 is 9.90 Å². The lowest BCUT2D eigenvalue weighted by atomic mass is 10.5. The Morgan fingerprint density at radius 1 is 1.65 bits per heavy atom. The predicted molar refractivity (Wildman–Crippen MR) is 68.5 cm³/mol. The molecule has 0 amide bonds. The summed E-state index contributed by atoms with van der Waals surface area (Å²) in [5.41, 5.74) is 0. The molecule has 5 heteroatoms. The average molecular weight is 256 g/mol. The van der Waals surface area contributed by atoms with Gasteiger partial charge >= 0.3 is 0 Å². The number of rotatable bonds is 6. The van der Waals surface area contributed by atoms with Crippen LogP contribution in [0, 0.1) is 0 Å². The second-order valence-electron chi connectivity index (χ2n) is 3.34. The normalized spacial score (nSPS) is 9.29. The molecule has 0 aliphatic heterocycles. The van der Waals surface area contributed by atoms with Crippen LogP contribution in [0.2, 0.25) is 0 Å². The molecule has 1 aromatic rings. The number of aliphatic carboxylic acids is 1. The van der Waals surface area contributed by atoms with E-state index >= 15 is 0 Å². The van der Waals surface area contributed by atoms with Gasteiger partial charge in [-0.05, 0) is 25.4 Å². The van der Waals surface area contributed by atoms with Crippen molar-refractivity contribution in [2.75, 3.05) is 12.0 Å². The number of carbonyl (C=O) groups excluding carboxylic acids is 1. The van der Waals surface area contributed by atoms with Crippen LogP contribution in [0.3, 0.4) is 0 Å². The molecule has 0 atom stereocenters. The molecule has 0 aromatic carbocycles. The van der Waals surface area contributed by atoms with E-state index in [9.17, 15) is 9.90 Å². The van der Waals surface area contributed by atoms with Gasteiger partial charge in [0.2, 0.25) is 6.33 Å². The molecule has 0 bridgehead atoms. The predicted octanol–water partition coefficient (Wildman–Crippen LogP) is 0.471. The minimum atomic E-state index is -0.964. The first-order valence-corrected chi connectivity index (χ1v) is 6.87. The third-order valence-electron chi connectivity index (χ3n) is 1.96. The molecular weight excluding hydrogens is 236 g/mol. The standard InChI is InChI=1S/C8H13N2.C4H8O2S/c1-3-5-10-7-6-9(4-2)8-10;1-7-3-2-4(5)6/h3,6-8H,1,4-5H2,2H3;2-3H2,1H3,(H,5,6)/q+1;/p-1. The fourth-order valence-corrected chi connectivity index (χ4v) is 1.44. The molecule has 0 saturated heterocycles. The highest BCUT2D eigenvalue weighted by molar-refractivity contribution is 7.98. The summed E-state index contributed by atoms with van der Waals surface area (Å²) in [6, 6.07) is 0. The minimum Gasteiger partial charge on any atom is -0.550 e. The molecule has 0 aliphatic carbocycles. The summed E-state index contributed by atoms with van der Waals surface area (Å²) in [6.07, 6.45) is 10.1. The number of aromatic nitrogens is 2. The van der Waals surface area contributed by atoms with Gasteiger partial charge in [0.1, 0.15) is 18.9 Å². The Hall–Kier alpha value is -1.23. The molecule has 0 fully saturated rings. The van der Waals surface area contributed by atoms with Crippen molar-refractivity contribution in [3.8, 4) is 0 Å². The van der Waals surface area contributed by atoms with Crippen molar-refractivity contribution in [2.24, 2.45) is 0 Å². The van der Waals surface area contributed by atoms with Gasteiger partial charge in [-0.25, -0.2) is 9.13 Å². The molecule has 17 heavy (non-hydrogen) atoms. The Kier molecular flexibility index (Phi) is 9.24. The van der Waals surface area contributed by atoms with Crippen LogP contribution in [0.25, 0.3) is 0 Å². The van der Waals surface area contributed by atoms with Crippen LogP contribution in [0.1, 0.15) is 13.3 Å². The first-order chi connectivity index (χ1) is 8.13. The maximum atomic E-state index is 9.63. The van der Waals surface area contributed by atoms with Crippen molar-refractivity contribution in [1.29, 1.82) is 0 Å². The topological polar surface area (TPSA) is 48.9 Å². The average Bonchev–Trinajstić information content (AvgIpc) is 2.75. The number of thioether (sulfide) groups is 1. The van der Waals surface area contributed by atoms with Gasteiger partial charge in [-0.2, -0.15) is 11.8 Å². The third kappa shape index (κ3) is 8.56. The molecule has 0 N–H and O–H groups in total. The summed E-state index contributed by atoms with van der Waals surface area (Å²) < 4.78 is 4.22. The Morgan fingerprint density at radius 2 is 2.35 bits per heavy atom. The first-order valence-electron chi connectivity index (χ1n) is 5.48. The van der Waals surface area contributed by atoms with E-state index in [1.165, 1.54) is 11.8 Å². The number of carboxylic acid groups (broad SMARTS) is 1. The molecule has 1 heterocycles. The molecule has 1 aromatic heterocycles. The van der Waals surface area contributed by atoms with E-state index in [4.69, 9.17) is 0 Å². The second-order valence-corrected chi connectivity index (χ2v) is 4.33. The highest BCUT2D eigenvalue weighted by Gasteiger charge is 1.96. The molecule has 1 rings (SSSR count). The Labute approximate surface area is 107 Å². The van der Waals surface area contributed by atoms with Crippen LogP contribution in [0.4, 0.5) is 0 Å². The molecule has 0 spiro atoms. The maximum absolute atomic E-state index is 9.63. The highest BCUT2D eigenvalue weighted by Crippen LogP contribution is 1.92. The van der Waals surface area contributed by atoms with E-state index in [1.54, 1.807) is 0 Å². The highest BCUT2D eigenvalue weighted by atomic mass is 32.2. The van der Waals surface area contributed by atoms with Crippen molar-refractivity contribution in [3.63, 3.8) is 0 Å². The van der Waals surface area contributed by atoms with Crippen LogP contribution in [0.15, 0.2) is 31.4 Å². The quantitative estimate of drug-likeness (QED) is 0.549. The summed E-state index contributed by atoms with van der Waals surface area (Å²) in [7, 11) is 0.